The summed E-state index contributed by atoms with van der Waals surface area (Å²) in [6.07, 6.45) is 0. The molecule has 1 nitrogen and oxygen atoms in total. The predicted octanol–water partition coefficient (Wildman–Crippen LogP) is 3.93. The van der Waals surface area contributed by atoms with Crippen LogP contribution in [0.3, 0.4) is 0 Å². The largest absolute Gasteiger partial charge is 2.00 e. The zero-order chi connectivity index (χ0) is 9.54. The number of nitrogens with one attached hydrogen (secondary N) is 1. The van der Waals surface area contributed by atoms with Gasteiger partial charge >= 0.3 is 23.1 Å². The summed E-state index contributed by atoms with van der Waals surface area (Å²) in [5, 5.41) is 2.55. The molecule has 0 spiro atoms. The SMILES string of the molecule is Brc1cccc2c1[nH]c1ccccc12.[H-].[H-].[Mg+2]. The Morgan fingerprint density at radius 2 is 1.67 bits per heavy atom. The molecule has 0 saturated carbocycles. The van der Waals surface area contributed by atoms with Crippen molar-refractivity contribution in [2.24, 2.45) is 0 Å². The smallest absolute Gasteiger partial charge is 1.00 e. The van der Waals surface area contributed by atoms with Gasteiger partial charge in [0, 0.05) is 20.8 Å². The maximum atomic E-state index is 3.54. The Labute approximate surface area is 115 Å². The van der Waals surface area contributed by atoms with Crippen LogP contribution in [0.1, 0.15) is 2.85 Å². The van der Waals surface area contributed by atoms with E-state index in [0.717, 1.165) is 4.47 Å². The third-order valence-corrected chi connectivity index (χ3v) is 3.15. The first-order valence-electron chi connectivity index (χ1n) is 4.51. The first kappa shape index (κ1) is 11.0. The molecule has 2 aromatic carbocycles. The molecule has 0 aliphatic rings. The van der Waals surface area contributed by atoms with E-state index >= 15 is 0 Å². The van der Waals surface area contributed by atoms with E-state index in [4.69, 9.17) is 0 Å². The van der Waals surface area contributed by atoms with E-state index in [-0.39, 0.29) is 25.9 Å². The van der Waals surface area contributed by atoms with Crippen LogP contribution in [0.4, 0.5) is 0 Å². The molecule has 3 heteroatoms. The molecule has 0 unspecified atom stereocenters. The average Bonchev–Trinajstić information content (AvgIpc) is 2.59. The number of halogens is 1. The second kappa shape index (κ2) is 4.16. The fourth-order valence-electron chi connectivity index (χ4n) is 1.84. The van der Waals surface area contributed by atoms with E-state index in [9.17, 15) is 0 Å². The predicted molar refractivity (Wildman–Crippen MR) is 71.5 cm³/mol. The summed E-state index contributed by atoms with van der Waals surface area (Å²) in [7, 11) is 0. The Hall–Kier alpha value is -0.514. The zero-order valence-electron chi connectivity index (χ0n) is 10.1. The van der Waals surface area contributed by atoms with Crippen molar-refractivity contribution in [3.8, 4) is 0 Å². The van der Waals surface area contributed by atoms with Crippen LogP contribution in [0.5, 0.6) is 0 Å². The van der Waals surface area contributed by atoms with Crippen LogP contribution >= 0.6 is 15.9 Å². The van der Waals surface area contributed by atoms with Crippen LogP contribution in [-0.2, 0) is 0 Å². The van der Waals surface area contributed by atoms with Crippen LogP contribution in [0.2, 0.25) is 0 Å². The number of aromatic nitrogens is 1. The number of hydrogen-bond acceptors (Lipinski definition) is 0. The maximum Gasteiger partial charge on any atom is 2.00 e. The van der Waals surface area contributed by atoms with E-state index in [2.05, 4.69) is 57.3 Å². The second-order valence-corrected chi connectivity index (χ2v) is 4.19. The molecule has 0 amide bonds. The van der Waals surface area contributed by atoms with Gasteiger partial charge < -0.3 is 7.84 Å². The van der Waals surface area contributed by atoms with Crippen molar-refractivity contribution in [2.45, 2.75) is 0 Å². The van der Waals surface area contributed by atoms with Crippen LogP contribution in [0, 0.1) is 0 Å². The second-order valence-electron chi connectivity index (χ2n) is 3.33. The summed E-state index contributed by atoms with van der Waals surface area (Å²) in [6.45, 7) is 0. The van der Waals surface area contributed by atoms with Crippen LogP contribution in [0.25, 0.3) is 21.8 Å². The van der Waals surface area contributed by atoms with Gasteiger partial charge in [-0.3, -0.25) is 0 Å². The summed E-state index contributed by atoms with van der Waals surface area (Å²) < 4.78 is 1.12. The van der Waals surface area contributed by atoms with Gasteiger partial charge in [-0.1, -0.05) is 30.3 Å². The third-order valence-electron chi connectivity index (χ3n) is 2.49. The van der Waals surface area contributed by atoms with Crippen molar-refractivity contribution in [1.82, 2.24) is 4.98 Å². The van der Waals surface area contributed by atoms with Crippen molar-refractivity contribution in [2.75, 3.05) is 0 Å². The number of hydrogen-bond donors (Lipinski definition) is 1. The topological polar surface area (TPSA) is 15.8 Å². The van der Waals surface area contributed by atoms with E-state index in [1.54, 1.807) is 0 Å². The molecule has 3 aromatic rings. The fourth-order valence-corrected chi connectivity index (χ4v) is 2.30. The van der Waals surface area contributed by atoms with Gasteiger partial charge in [-0.2, -0.15) is 0 Å². The normalized spacial score (nSPS) is 10.5. The molecule has 0 saturated heterocycles. The molecule has 0 fully saturated rings. The number of fused-ring (bicyclic) bond motifs is 3. The number of benzene rings is 2. The molecule has 1 N–H and O–H groups in total. The van der Waals surface area contributed by atoms with Gasteiger partial charge in [-0.05, 0) is 28.1 Å². The molecular weight excluding hydrogens is 262 g/mol. The molecule has 0 radical (unpaired) electrons. The minimum atomic E-state index is 0. The Bertz CT molecular complexity index is 624. The van der Waals surface area contributed by atoms with Crippen LogP contribution in [0.15, 0.2) is 46.9 Å². The molecule has 0 aliphatic carbocycles. The van der Waals surface area contributed by atoms with Gasteiger partial charge in [0.25, 0.3) is 0 Å². The molecular formula is C12H10BrMgN. The average molecular weight is 272 g/mol. The van der Waals surface area contributed by atoms with E-state index in [1.165, 1.54) is 21.8 Å². The molecule has 0 aliphatic heterocycles. The third kappa shape index (κ3) is 1.69. The Morgan fingerprint density at radius 3 is 2.53 bits per heavy atom. The Kier molecular flexibility index (Phi) is 3.05. The number of rotatable bonds is 0. The van der Waals surface area contributed by atoms with Crippen LogP contribution in [-0.4, -0.2) is 28.0 Å². The molecule has 3 rings (SSSR count). The van der Waals surface area contributed by atoms with Gasteiger partial charge in [0.1, 0.15) is 0 Å². The van der Waals surface area contributed by atoms with E-state index in [1.807, 2.05) is 6.07 Å². The van der Waals surface area contributed by atoms with Gasteiger partial charge in [0.2, 0.25) is 0 Å². The summed E-state index contributed by atoms with van der Waals surface area (Å²) in [6, 6.07) is 14.6. The summed E-state index contributed by atoms with van der Waals surface area (Å²) in [5.74, 6) is 0. The molecule has 0 atom stereocenters. The first-order chi connectivity index (χ1) is 6.86. The number of para-hydroxylation sites is 2. The standard InChI is InChI=1S/C12H8BrN.Mg.2H/c13-10-6-3-5-9-8-4-1-2-7-11(8)14-12(9)10;;;/h1-7,14H;;;/q;+2;2*-1. The first-order valence-corrected chi connectivity index (χ1v) is 5.30. The van der Waals surface area contributed by atoms with E-state index in [0.29, 0.717) is 0 Å². The Balaban J connectivity index is 0.000000853. The summed E-state index contributed by atoms with van der Waals surface area (Å²) >= 11 is 3.54. The Morgan fingerprint density at radius 1 is 0.933 bits per heavy atom. The number of H-pyrrole nitrogens is 1. The summed E-state index contributed by atoms with van der Waals surface area (Å²) in [5.41, 5.74) is 2.36. The molecule has 15 heavy (non-hydrogen) atoms. The fraction of sp³-hybridized carbons (Fsp3) is 0. The van der Waals surface area contributed by atoms with Crippen molar-refractivity contribution in [1.29, 1.82) is 0 Å². The van der Waals surface area contributed by atoms with E-state index < -0.39 is 0 Å². The van der Waals surface area contributed by atoms with Gasteiger partial charge in [0.05, 0.1) is 5.52 Å². The van der Waals surface area contributed by atoms with Crippen LogP contribution < -0.4 is 0 Å². The molecule has 1 heterocycles. The minimum Gasteiger partial charge on any atom is -1.00 e. The molecule has 0 bridgehead atoms. The van der Waals surface area contributed by atoms with Gasteiger partial charge in [-0.15, -0.1) is 0 Å². The quantitative estimate of drug-likeness (QED) is 0.597. The number of aromatic amines is 1. The van der Waals surface area contributed by atoms with Gasteiger partial charge in [0.15, 0.2) is 0 Å². The van der Waals surface area contributed by atoms with Crippen molar-refractivity contribution >= 4 is 60.8 Å². The van der Waals surface area contributed by atoms with Crippen molar-refractivity contribution < 1.29 is 2.85 Å². The molecule has 1 aromatic heterocycles. The van der Waals surface area contributed by atoms with Gasteiger partial charge in [-0.25, -0.2) is 0 Å². The maximum absolute atomic E-state index is 3.54. The minimum absolute atomic E-state index is 0. The van der Waals surface area contributed by atoms with Crippen molar-refractivity contribution in [3.63, 3.8) is 0 Å². The molecule has 72 valence electrons. The summed E-state index contributed by atoms with van der Waals surface area (Å²) in [4.78, 5) is 3.40. The van der Waals surface area contributed by atoms with Crippen molar-refractivity contribution in [3.05, 3.63) is 46.9 Å². The monoisotopic (exact) mass is 271 g/mol. The zero-order valence-corrected chi connectivity index (χ0v) is 11.1.